The number of fused-ring (bicyclic) bond motifs is 1. The third kappa shape index (κ3) is 5.20. The topological polar surface area (TPSA) is 110 Å². The van der Waals surface area contributed by atoms with Gasteiger partial charge in [-0.3, -0.25) is 19.5 Å². The van der Waals surface area contributed by atoms with Gasteiger partial charge in [0, 0.05) is 24.4 Å². The van der Waals surface area contributed by atoms with Crippen molar-refractivity contribution in [1.82, 2.24) is 14.5 Å². The first kappa shape index (κ1) is 25.6. The highest BCUT2D eigenvalue weighted by molar-refractivity contribution is 5.89. The molecule has 0 fully saturated rings. The van der Waals surface area contributed by atoms with Crippen molar-refractivity contribution in [2.24, 2.45) is 0 Å². The second kappa shape index (κ2) is 11.0. The maximum absolute atomic E-state index is 13.8. The standard InChI is InChI=1S/C28H29N5O4/c1-4-18-31(28(35)29-21-14-16-22(17-15-21)33(36)37)19(3)26-30-24-12-8-7-11-23(24)27(34)32(26)25-13-9-6-10-20(25)5-2/h6-17,19H,4-5,18H2,1-3H3,(H,29,35). The van der Waals surface area contributed by atoms with Gasteiger partial charge in [-0.15, -0.1) is 0 Å². The molecule has 0 saturated carbocycles. The Balaban J connectivity index is 1.80. The van der Waals surface area contributed by atoms with Gasteiger partial charge in [0.15, 0.2) is 0 Å². The molecule has 2 amide bonds. The number of nitrogens with zero attached hydrogens (tertiary/aromatic N) is 4. The number of aryl methyl sites for hydroxylation is 1. The Morgan fingerprint density at radius 1 is 1.05 bits per heavy atom. The number of carbonyl (C=O) groups excluding carboxylic acids is 1. The number of hydrogen-bond donors (Lipinski definition) is 1. The normalized spacial score (nSPS) is 11.8. The summed E-state index contributed by atoms with van der Waals surface area (Å²) in [5, 5.41) is 14.3. The smallest absolute Gasteiger partial charge is 0.315 e. The van der Waals surface area contributed by atoms with Crippen LogP contribution in [-0.4, -0.2) is 32.0 Å². The fourth-order valence-electron chi connectivity index (χ4n) is 4.40. The van der Waals surface area contributed by atoms with Crippen LogP contribution in [0, 0.1) is 10.1 Å². The fourth-order valence-corrected chi connectivity index (χ4v) is 4.40. The van der Waals surface area contributed by atoms with Crippen molar-refractivity contribution in [2.75, 3.05) is 11.9 Å². The molecule has 4 rings (SSSR count). The van der Waals surface area contributed by atoms with E-state index < -0.39 is 11.0 Å². The number of hydrogen-bond acceptors (Lipinski definition) is 5. The summed E-state index contributed by atoms with van der Waals surface area (Å²) in [5.41, 5.74) is 2.47. The van der Waals surface area contributed by atoms with Crippen LogP contribution in [0.5, 0.6) is 0 Å². The number of rotatable bonds is 8. The van der Waals surface area contributed by atoms with Crippen LogP contribution in [-0.2, 0) is 6.42 Å². The van der Waals surface area contributed by atoms with Crippen molar-refractivity contribution in [1.29, 1.82) is 0 Å². The van der Waals surface area contributed by atoms with Crippen LogP contribution in [0.2, 0.25) is 0 Å². The van der Waals surface area contributed by atoms with Gasteiger partial charge in [-0.2, -0.15) is 0 Å². The van der Waals surface area contributed by atoms with E-state index in [1.807, 2.05) is 57.2 Å². The van der Waals surface area contributed by atoms with Crippen LogP contribution in [0.4, 0.5) is 16.2 Å². The Morgan fingerprint density at radius 3 is 2.41 bits per heavy atom. The average molecular weight is 500 g/mol. The van der Waals surface area contributed by atoms with Gasteiger partial charge in [-0.05, 0) is 55.7 Å². The van der Waals surface area contributed by atoms with Gasteiger partial charge in [0.25, 0.3) is 11.2 Å². The molecular formula is C28H29N5O4. The molecule has 0 aliphatic rings. The van der Waals surface area contributed by atoms with Gasteiger partial charge < -0.3 is 10.2 Å². The molecule has 1 aromatic heterocycles. The lowest BCUT2D eigenvalue weighted by Crippen LogP contribution is -2.40. The van der Waals surface area contributed by atoms with E-state index in [4.69, 9.17) is 4.98 Å². The zero-order valence-electron chi connectivity index (χ0n) is 21.0. The monoisotopic (exact) mass is 499 g/mol. The van der Waals surface area contributed by atoms with E-state index in [-0.39, 0.29) is 17.3 Å². The second-order valence-corrected chi connectivity index (χ2v) is 8.71. The molecule has 37 heavy (non-hydrogen) atoms. The van der Waals surface area contributed by atoms with Crippen molar-refractivity contribution in [3.63, 3.8) is 0 Å². The van der Waals surface area contributed by atoms with Crippen molar-refractivity contribution in [3.8, 4) is 5.69 Å². The number of amides is 2. The quantitative estimate of drug-likeness (QED) is 0.241. The largest absolute Gasteiger partial charge is 0.322 e. The highest BCUT2D eigenvalue weighted by atomic mass is 16.6. The molecule has 0 aliphatic heterocycles. The number of benzene rings is 3. The van der Waals surface area contributed by atoms with Crippen molar-refractivity contribution < 1.29 is 9.72 Å². The molecule has 190 valence electrons. The number of urea groups is 1. The number of anilines is 1. The number of nitro groups is 1. The van der Waals surface area contributed by atoms with Crippen LogP contribution >= 0.6 is 0 Å². The molecule has 1 atom stereocenters. The lowest BCUT2D eigenvalue weighted by Gasteiger charge is -2.30. The molecule has 1 unspecified atom stereocenters. The van der Waals surface area contributed by atoms with Crippen molar-refractivity contribution >= 4 is 28.3 Å². The first-order valence-electron chi connectivity index (χ1n) is 12.3. The van der Waals surface area contributed by atoms with E-state index in [0.717, 1.165) is 17.7 Å². The fraction of sp³-hybridized carbons (Fsp3) is 0.250. The SMILES string of the molecule is CCCN(C(=O)Nc1ccc([N+](=O)[O-])cc1)C(C)c1nc2ccccc2c(=O)n1-c1ccccc1CC. The molecule has 0 radical (unpaired) electrons. The van der Waals surface area contributed by atoms with Crippen LogP contribution in [0.25, 0.3) is 16.6 Å². The Hall–Kier alpha value is -4.53. The Morgan fingerprint density at radius 2 is 1.73 bits per heavy atom. The highest BCUT2D eigenvalue weighted by Gasteiger charge is 2.27. The molecule has 0 aliphatic carbocycles. The van der Waals surface area contributed by atoms with E-state index in [0.29, 0.717) is 35.4 Å². The number of carbonyl (C=O) groups is 1. The zero-order valence-corrected chi connectivity index (χ0v) is 21.0. The van der Waals surface area contributed by atoms with Crippen LogP contribution in [0.3, 0.4) is 0 Å². The first-order chi connectivity index (χ1) is 17.8. The van der Waals surface area contributed by atoms with E-state index >= 15 is 0 Å². The van der Waals surface area contributed by atoms with Gasteiger partial charge in [0.05, 0.1) is 27.6 Å². The van der Waals surface area contributed by atoms with Gasteiger partial charge >= 0.3 is 6.03 Å². The highest BCUT2D eigenvalue weighted by Crippen LogP contribution is 2.26. The average Bonchev–Trinajstić information content (AvgIpc) is 2.91. The molecule has 3 aromatic carbocycles. The summed E-state index contributed by atoms with van der Waals surface area (Å²) in [6.45, 7) is 6.26. The van der Waals surface area contributed by atoms with Crippen molar-refractivity contribution in [2.45, 2.75) is 39.7 Å². The third-order valence-electron chi connectivity index (χ3n) is 6.31. The van der Waals surface area contributed by atoms with Crippen LogP contribution < -0.4 is 10.9 Å². The van der Waals surface area contributed by atoms with Gasteiger partial charge in [0.1, 0.15) is 5.82 Å². The molecular weight excluding hydrogens is 470 g/mol. The summed E-state index contributed by atoms with van der Waals surface area (Å²) in [5.74, 6) is 0.455. The molecule has 9 nitrogen and oxygen atoms in total. The predicted molar refractivity (Wildman–Crippen MR) is 144 cm³/mol. The Kier molecular flexibility index (Phi) is 7.62. The maximum Gasteiger partial charge on any atom is 0.322 e. The van der Waals surface area contributed by atoms with Crippen LogP contribution in [0.1, 0.15) is 44.6 Å². The number of non-ortho nitro benzene ring substituents is 1. The molecule has 1 N–H and O–H groups in total. The number of nitrogens with one attached hydrogen (secondary N) is 1. The van der Waals surface area contributed by atoms with E-state index in [1.165, 1.54) is 24.3 Å². The minimum atomic E-state index is -0.555. The summed E-state index contributed by atoms with van der Waals surface area (Å²) in [4.78, 5) is 44.2. The zero-order chi connectivity index (χ0) is 26.5. The van der Waals surface area contributed by atoms with E-state index in [2.05, 4.69) is 5.32 Å². The summed E-state index contributed by atoms with van der Waals surface area (Å²) in [6, 6.07) is 19.6. The maximum atomic E-state index is 13.8. The lowest BCUT2D eigenvalue weighted by atomic mass is 10.1. The van der Waals surface area contributed by atoms with E-state index in [1.54, 1.807) is 21.6 Å². The first-order valence-corrected chi connectivity index (χ1v) is 12.3. The minimum absolute atomic E-state index is 0.0595. The summed E-state index contributed by atoms with van der Waals surface area (Å²) < 4.78 is 1.62. The number of nitro benzene ring substituents is 1. The third-order valence-corrected chi connectivity index (χ3v) is 6.31. The molecule has 4 aromatic rings. The molecule has 0 spiro atoms. The minimum Gasteiger partial charge on any atom is -0.315 e. The number of aromatic nitrogens is 2. The summed E-state index contributed by atoms with van der Waals surface area (Å²) in [7, 11) is 0. The van der Waals surface area contributed by atoms with Gasteiger partial charge in [0.2, 0.25) is 0 Å². The molecule has 0 bridgehead atoms. The molecule has 1 heterocycles. The second-order valence-electron chi connectivity index (χ2n) is 8.71. The van der Waals surface area contributed by atoms with Gasteiger partial charge in [-0.1, -0.05) is 44.2 Å². The molecule has 0 saturated heterocycles. The Bertz CT molecular complexity index is 1500. The number of para-hydroxylation sites is 2. The van der Waals surface area contributed by atoms with Crippen molar-refractivity contribution in [3.05, 3.63) is 105 Å². The molecule has 9 heteroatoms. The lowest BCUT2D eigenvalue weighted by molar-refractivity contribution is -0.384. The predicted octanol–water partition coefficient (Wildman–Crippen LogP) is 5.86. The Labute approximate surface area is 214 Å². The van der Waals surface area contributed by atoms with E-state index in [9.17, 15) is 19.7 Å². The van der Waals surface area contributed by atoms with Crippen LogP contribution in [0.15, 0.2) is 77.6 Å². The van der Waals surface area contributed by atoms with Gasteiger partial charge in [-0.25, -0.2) is 9.78 Å². The summed E-state index contributed by atoms with van der Waals surface area (Å²) in [6.07, 6.45) is 1.41. The summed E-state index contributed by atoms with van der Waals surface area (Å²) >= 11 is 0.